The molecular formula is C7H7BF2O3. The molecule has 0 unspecified atom stereocenters. The quantitative estimate of drug-likeness (QED) is 0.628. The van der Waals surface area contributed by atoms with Crippen molar-refractivity contribution >= 4 is 12.6 Å². The Balaban J connectivity index is 3.20. The summed E-state index contributed by atoms with van der Waals surface area (Å²) in [5.74, 6) is -3.32. The Morgan fingerprint density at radius 1 is 1.38 bits per heavy atom. The van der Waals surface area contributed by atoms with E-state index in [0.717, 1.165) is 0 Å². The zero-order chi connectivity index (χ0) is 12.5. The van der Waals surface area contributed by atoms with Gasteiger partial charge >= 0.3 is 7.12 Å². The summed E-state index contributed by atoms with van der Waals surface area (Å²) < 4.78 is 50.1. The molecule has 0 atom stereocenters. The molecule has 0 amide bonds. The van der Waals surface area contributed by atoms with E-state index in [2.05, 4.69) is 4.74 Å². The van der Waals surface area contributed by atoms with Crippen LogP contribution in [0.4, 0.5) is 8.78 Å². The Labute approximate surface area is 77.9 Å². The molecule has 0 heterocycles. The third-order valence-corrected chi connectivity index (χ3v) is 1.44. The van der Waals surface area contributed by atoms with Gasteiger partial charge < -0.3 is 14.8 Å². The molecule has 70 valence electrons. The Hall–Kier alpha value is -1.14. The molecule has 0 bridgehead atoms. The summed E-state index contributed by atoms with van der Waals surface area (Å²) in [6, 6.07) is 0.900. The summed E-state index contributed by atoms with van der Waals surface area (Å²) >= 11 is 0. The van der Waals surface area contributed by atoms with Crippen LogP contribution in [0.25, 0.3) is 0 Å². The van der Waals surface area contributed by atoms with E-state index in [-0.39, 0.29) is 0 Å². The monoisotopic (exact) mass is 191 g/mol. The van der Waals surface area contributed by atoms with Gasteiger partial charge in [0.2, 0.25) is 0 Å². The van der Waals surface area contributed by atoms with Crippen molar-refractivity contribution in [2.75, 3.05) is 7.04 Å². The fourth-order valence-corrected chi connectivity index (χ4v) is 0.834. The maximum atomic E-state index is 12.8. The zero-order valence-electron chi connectivity index (χ0n) is 9.29. The van der Waals surface area contributed by atoms with E-state index in [9.17, 15) is 8.78 Å². The van der Waals surface area contributed by atoms with E-state index in [1.165, 1.54) is 0 Å². The van der Waals surface area contributed by atoms with Gasteiger partial charge in [-0.3, -0.25) is 0 Å². The van der Waals surface area contributed by atoms with Gasteiger partial charge in [-0.05, 0) is 6.07 Å². The first-order chi connectivity index (χ1) is 7.20. The van der Waals surface area contributed by atoms with Crippen LogP contribution in [0.5, 0.6) is 5.75 Å². The Morgan fingerprint density at radius 2 is 2.00 bits per heavy atom. The fourth-order valence-electron chi connectivity index (χ4n) is 0.834. The molecular weight excluding hydrogens is 181 g/mol. The fraction of sp³-hybridized carbons (Fsp3) is 0.143. The second kappa shape index (κ2) is 3.72. The minimum absolute atomic E-state index is 0.441. The SMILES string of the molecule is [2H]C([2H])([2H])Oc1cc(F)c(F)cc1B(O)O. The van der Waals surface area contributed by atoms with Gasteiger partial charge in [0.05, 0.1) is 11.2 Å². The average molecular weight is 191 g/mol. The highest BCUT2D eigenvalue weighted by atomic mass is 19.2. The van der Waals surface area contributed by atoms with Crippen molar-refractivity contribution in [1.29, 1.82) is 0 Å². The molecule has 1 rings (SSSR count). The van der Waals surface area contributed by atoms with Gasteiger partial charge in [-0.25, -0.2) is 8.78 Å². The van der Waals surface area contributed by atoms with Crippen LogP contribution in [0.15, 0.2) is 12.1 Å². The van der Waals surface area contributed by atoms with Crippen LogP contribution in [0, 0.1) is 11.6 Å². The van der Waals surface area contributed by atoms with Crippen LogP contribution in [-0.4, -0.2) is 24.2 Å². The molecule has 0 radical (unpaired) electrons. The van der Waals surface area contributed by atoms with E-state index in [0.29, 0.717) is 12.1 Å². The van der Waals surface area contributed by atoms with E-state index in [1.807, 2.05) is 0 Å². The summed E-state index contributed by atoms with van der Waals surface area (Å²) in [6.45, 7) is 0. The zero-order valence-corrected chi connectivity index (χ0v) is 6.29. The molecule has 13 heavy (non-hydrogen) atoms. The third kappa shape index (κ3) is 1.96. The molecule has 0 saturated heterocycles. The molecule has 0 aromatic heterocycles. The first-order valence-electron chi connectivity index (χ1n) is 4.75. The molecule has 2 N–H and O–H groups in total. The molecule has 0 aliphatic heterocycles. The van der Waals surface area contributed by atoms with Crippen LogP contribution in [0.3, 0.4) is 0 Å². The molecule has 0 spiro atoms. The predicted molar refractivity (Wildman–Crippen MR) is 42.7 cm³/mol. The minimum Gasteiger partial charge on any atom is -0.497 e. The van der Waals surface area contributed by atoms with Crippen LogP contribution < -0.4 is 10.2 Å². The topological polar surface area (TPSA) is 49.7 Å². The molecule has 0 aliphatic carbocycles. The molecule has 6 heteroatoms. The van der Waals surface area contributed by atoms with E-state index < -0.39 is 37.0 Å². The maximum Gasteiger partial charge on any atom is 0.492 e. The number of hydrogen-bond acceptors (Lipinski definition) is 3. The first kappa shape index (κ1) is 6.34. The summed E-state index contributed by atoms with van der Waals surface area (Å²) in [4.78, 5) is 0. The second-order valence-electron chi connectivity index (χ2n) is 2.28. The molecule has 0 aliphatic rings. The van der Waals surface area contributed by atoms with Gasteiger partial charge in [0.15, 0.2) is 11.6 Å². The number of ether oxygens (including phenoxy) is 1. The van der Waals surface area contributed by atoms with Gasteiger partial charge in [0.25, 0.3) is 0 Å². The van der Waals surface area contributed by atoms with Gasteiger partial charge in [-0.15, -0.1) is 0 Å². The van der Waals surface area contributed by atoms with Crippen molar-refractivity contribution in [2.24, 2.45) is 0 Å². The molecule has 1 aromatic carbocycles. The average Bonchev–Trinajstić information content (AvgIpc) is 2.07. The third-order valence-electron chi connectivity index (χ3n) is 1.44. The number of benzene rings is 1. The van der Waals surface area contributed by atoms with Crippen LogP contribution in [0.2, 0.25) is 0 Å². The lowest BCUT2D eigenvalue weighted by Crippen LogP contribution is -2.31. The first-order valence-corrected chi connectivity index (χ1v) is 3.25. The maximum absolute atomic E-state index is 12.8. The summed E-state index contributed by atoms with van der Waals surface area (Å²) in [5.41, 5.74) is -0.560. The lowest BCUT2D eigenvalue weighted by atomic mass is 9.79. The summed E-state index contributed by atoms with van der Waals surface area (Å²) in [6.07, 6.45) is 0. The lowest BCUT2D eigenvalue weighted by molar-refractivity contribution is 0.397. The molecule has 1 aromatic rings. The van der Waals surface area contributed by atoms with Crippen molar-refractivity contribution in [3.8, 4) is 5.75 Å². The number of halogens is 2. The Bertz CT molecular complexity index is 397. The van der Waals surface area contributed by atoms with Crippen LogP contribution in [0.1, 0.15) is 4.11 Å². The van der Waals surface area contributed by atoms with Crippen LogP contribution >= 0.6 is 0 Å². The van der Waals surface area contributed by atoms with Gasteiger partial charge in [-0.2, -0.15) is 0 Å². The highest BCUT2D eigenvalue weighted by Gasteiger charge is 2.19. The van der Waals surface area contributed by atoms with E-state index >= 15 is 0 Å². The smallest absolute Gasteiger partial charge is 0.492 e. The van der Waals surface area contributed by atoms with Crippen molar-refractivity contribution in [3.05, 3.63) is 23.8 Å². The lowest BCUT2D eigenvalue weighted by Gasteiger charge is -2.07. The molecule has 3 nitrogen and oxygen atoms in total. The predicted octanol–water partition coefficient (Wildman–Crippen LogP) is -0.347. The highest BCUT2D eigenvalue weighted by molar-refractivity contribution is 6.59. The van der Waals surface area contributed by atoms with Gasteiger partial charge in [0, 0.05) is 11.5 Å². The van der Waals surface area contributed by atoms with E-state index in [4.69, 9.17) is 14.2 Å². The molecule has 0 saturated carbocycles. The van der Waals surface area contributed by atoms with Crippen LogP contribution in [-0.2, 0) is 0 Å². The minimum atomic E-state index is -2.89. The second-order valence-corrected chi connectivity index (χ2v) is 2.28. The highest BCUT2D eigenvalue weighted by Crippen LogP contribution is 2.13. The van der Waals surface area contributed by atoms with Crippen molar-refractivity contribution in [2.45, 2.75) is 0 Å². The number of methoxy groups -OCH3 is 1. The summed E-state index contributed by atoms with van der Waals surface area (Å²) in [7, 11) is -5.05. The van der Waals surface area contributed by atoms with Gasteiger partial charge in [0.1, 0.15) is 5.75 Å². The normalized spacial score (nSPS) is 14.3. The Morgan fingerprint density at radius 3 is 2.54 bits per heavy atom. The van der Waals surface area contributed by atoms with Crippen molar-refractivity contribution < 1.29 is 27.7 Å². The van der Waals surface area contributed by atoms with Crippen molar-refractivity contribution in [3.63, 3.8) is 0 Å². The Kier molecular flexibility index (Phi) is 1.81. The number of rotatable bonds is 2. The van der Waals surface area contributed by atoms with E-state index in [1.54, 1.807) is 0 Å². The standard InChI is InChI=1S/C7H7BF2O3/c1-13-7-3-6(10)5(9)2-4(7)8(11)12/h2-3,11-12H,1H3/i1D3. The summed E-state index contributed by atoms with van der Waals surface area (Å²) in [5, 5.41) is 17.6. The van der Waals surface area contributed by atoms with Crippen molar-refractivity contribution in [1.82, 2.24) is 0 Å². The van der Waals surface area contributed by atoms with Gasteiger partial charge in [-0.1, -0.05) is 0 Å². The number of hydrogen-bond donors (Lipinski definition) is 2. The molecule has 0 fully saturated rings. The largest absolute Gasteiger partial charge is 0.497 e.